The molecule has 2 saturated heterocycles. The molecule has 4 heterocycles. The Morgan fingerprint density at radius 1 is 1.29 bits per heavy atom. The number of fused-ring (bicyclic) bond motifs is 2. The smallest absolute Gasteiger partial charge is 0.244 e. The molecular formula is C21H28ClN7O2. The van der Waals surface area contributed by atoms with Crippen LogP contribution in [0.2, 0.25) is 5.02 Å². The van der Waals surface area contributed by atoms with Crippen molar-refractivity contribution in [2.45, 2.75) is 50.6 Å². The number of aromatic nitrogens is 2. The van der Waals surface area contributed by atoms with Gasteiger partial charge in [-0.3, -0.25) is 19.8 Å². The summed E-state index contributed by atoms with van der Waals surface area (Å²) in [5.41, 5.74) is 5.29. The second-order valence-electron chi connectivity index (χ2n) is 8.40. The van der Waals surface area contributed by atoms with Crippen LogP contribution >= 0.6 is 11.6 Å². The van der Waals surface area contributed by atoms with E-state index in [1.807, 2.05) is 12.1 Å². The van der Waals surface area contributed by atoms with Crippen molar-refractivity contribution in [2.24, 2.45) is 5.92 Å². The van der Waals surface area contributed by atoms with E-state index < -0.39 is 0 Å². The molecule has 5 rings (SSSR count). The molecule has 0 saturated carbocycles. The van der Waals surface area contributed by atoms with Gasteiger partial charge >= 0.3 is 0 Å². The zero-order chi connectivity index (χ0) is 21.5. The number of hydrazine groups is 1. The number of benzene rings is 1. The number of carbonyl (C=O) groups is 1. The normalized spacial score (nSPS) is 27.6. The lowest BCUT2D eigenvalue weighted by Gasteiger charge is -2.38. The number of rotatable bonds is 5. The predicted octanol–water partition coefficient (Wildman–Crippen LogP) is 2.01. The summed E-state index contributed by atoms with van der Waals surface area (Å²) in [6.07, 6.45) is 3.88. The first-order valence-corrected chi connectivity index (χ1v) is 11.1. The van der Waals surface area contributed by atoms with Gasteiger partial charge < -0.3 is 15.4 Å². The van der Waals surface area contributed by atoms with Crippen LogP contribution in [0.1, 0.15) is 25.0 Å². The first kappa shape index (κ1) is 20.4. The first-order chi connectivity index (χ1) is 15.0. The monoisotopic (exact) mass is 445 g/mol. The molecule has 166 valence electrons. The Kier molecular flexibility index (Phi) is 5.41. The molecule has 2 fully saturated rings. The van der Waals surface area contributed by atoms with E-state index >= 15 is 0 Å². The molecule has 9 nitrogen and oxygen atoms in total. The Balaban J connectivity index is 1.38. The summed E-state index contributed by atoms with van der Waals surface area (Å²) in [7, 11) is 3.35. The van der Waals surface area contributed by atoms with Gasteiger partial charge in [0.2, 0.25) is 5.91 Å². The molecule has 31 heavy (non-hydrogen) atoms. The highest BCUT2D eigenvalue weighted by molar-refractivity contribution is 6.32. The maximum atomic E-state index is 12.8. The number of halogens is 1. The van der Waals surface area contributed by atoms with Crippen LogP contribution in [-0.4, -0.2) is 53.2 Å². The second kappa shape index (κ2) is 8.22. The van der Waals surface area contributed by atoms with E-state index in [4.69, 9.17) is 21.4 Å². The van der Waals surface area contributed by atoms with Gasteiger partial charge in [-0.15, -0.1) is 0 Å². The number of nitrogens with zero attached hydrogens (tertiary/aromatic N) is 3. The van der Waals surface area contributed by atoms with Crippen molar-refractivity contribution in [1.29, 1.82) is 0 Å². The van der Waals surface area contributed by atoms with Gasteiger partial charge in [0.25, 0.3) is 0 Å². The summed E-state index contributed by atoms with van der Waals surface area (Å²) in [6, 6.07) is 7.59. The average Bonchev–Trinajstić information content (AvgIpc) is 3.28. The van der Waals surface area contributed by atoms with Gasteiger partial charge in [-0.25, -0.2) is 5.43 Å². The van der Waals surface area contributed by atoms with E-state index in [1.54, 1.807) is 25.2 Å². The Morgan fingerprint density at radius 2 is 2.16 bits per heavy atom. The Bertz CT molecular complexity index is 957. The van der Waals surface area contributed by atoms with Gasteiger partial charge in [-0.2, -0.15) is 5.10 Å². The van der Waals surface area contributed by atoms with Crippen molar-refractivity contribution in [3.63, 3.8) is 0 Å². The van der Waals surface area contributed by atoms with Gasteiger partial charge in [0.15, 0.2) is 5.75 Å². The Labute approximate surface area is 186 Å². The third kappa shape index (κ3) is 3.81. The number of para-hydroxylation sites is 1. The number of methoxy groups -OCH3 is 1. The fourth-order valence-corrected chi connectivity index (χ4v) is 5.15. The minimum atomic E-state index is -0.262. The standard InChI is InChI=1S/C21H28ClN7O2/c1-28-21(30)18-15(23-14-8-5-7-13(22)19(14)31-2)11-16(25-20(18)27-28)24-17-10-12-6-3-4-9-29(12)26-17/h5,7-8,10,15-16,18,20,23,25,27H,3-4,6,9,11H2,1-2H3,(H,24,26). The number of amides is 1. The zero-order valence-electron chi connectivity index (χ0n) is 17.7. The van der Waals surface area contributed by atoms with Gasteiger partial charge in [0.05, 0.1) is 36.1 Å². The van der Waals surface area contributed by atoms with Crippen LogP contribution in [0.25, 0.3) is 0 Å². The van der Waals surface area contributed by atoms with Crippen LogP contribution in [0.3, 0.4) is 0 Å². The number of nitrogens with one attached hydrogen (secondary N) is 4. The van der Waals surface area contributed by atoms with E-state index in [0.29, 0.717) is 17.2 Å². The minimum Gasteiger partial charge on any atom is -0.493 e. The van der Waals surface area contributed by atoms with Crippen molar-refractivity contribution in [3.8, 4) is 5.75 Å². The molecular weight excluding hydrogens is 418 g/mol. The third-order valence-electron chi connectivity index (χ3n) is 6.36. The molecule has 0 aliphatic carbocycles. The molecule has 0 spiro atoms. The number of hydrogen-bond donors (Lipinski definition) is 4. The van der Waals surface area contributed by atoms with E-state index in [0.717, 1.165) is 24.5 Å². The molecule has 4 unspecified atom stereocenters. The molecule has 3 aliphatic heterocycles. The summed E-state index contributed by atoms with van der Waals surface area (Å²) in [6.45, 7) is 0.972. The SMILES string of the molecule is COc1c(Cl)cccc1NC1CC(Nc2cc3n(n2)CCCC3)NC2NN(C)C(=O)C12. The number of piperidine rings is 1. The minimum absolute atomic E-state index is 0.0481. The van der Waals surface area contributed by atoms with E-state index in [9.17, 15) is 4.79 Å². The quantitative estimate of drug-likeness (QED) is 0.559. The molecule has 1 aromatic heterocycles. The largest absolute Gasteiger partial charge is 0.493 e. The summed E-state index contributed by atoms with van der Waals surface area (Å²) in [5.74, 6) is 1.23. The van der Waals surface area contributed by atoms with Gasteiger partial charge in [-0.05, 0) is 31.4 Å². The van der Waals surface area contributed by atoms with Crippen LogP contribution < -0.4 is 26.1 Å². The van der Waals surface area contributed by atoms with E-state index in [1.165, 1.54) is 18.5 Å². The third-order valence-corrected chi connectivity index (χ3v) is 6.66. The lowest BCUT2D eigenvalue weighted by atomic mass is 9.88. The molecule has 2 aromatic rings. The zero-order valence-corrected chi connectivity index (χ0v) is 18.4. The first-order valence-electron chi connectivity index (χ1n) is 10.8. The predicted molar refractivity (Wildman–Crippen MR) is 119 cm³/mol. The fourth-order valence-electron chi connectivity index (χ4n) is 4.90. The molecule has 0 bridgehead atoms. The van der Waals surface area contributed by atoms with E-state index in [2.05, 4.69) is 32.1 Å². The molecule has 3 aliphatic rings. The maximum Gasteiger partial charge on any atom is 0.244 e. The number of aryl methyl sites for hydroxylation is 2. The van der Waals surface area contributed by atoms with Crippen molar-refractivity contribution in [1.82, 2.24) is 25.5 Å². The van der Waals surface area contributed by atoms with Crippen molar-refractivity contribution in [2.75, 3.05) is 24.8 Å². The van der Waals surface area contributed by atoms with Gasteiger partial charge in [0, 0.05) is 37.8 Å². The van der Waals surface area contributed by atoms with Crippen molar-refractivity contribution >= 4 is 29.0 Å². The highest BCUT2D eigenvalue weighted by Gasteiger charge is 2.48. The number of anilines is 2. The number of hydrogen-bond acceptors (Lipinski definition) is 7. The van der Waals surface area contributed by atoms with Crippen LogP contribution in [-0.2, 0) is 17.8 Å². The van der Waals surface area contributed by atoms with Crippen molar-refractivity contribution < 1.29 is 9.53 Å². The van der Waals surface area contributed by atoms with Gasteiger partial charge in [-0.1, -0.05) is 17.7 Å². The summed E-state index contributed by atoms with van der Waals surface area (Å²) < 4.78 is 7.59. The van der Waals surface area contributed by atoms with Crippen LogP contribution in [0.4, 0.5) is 11.5 Å². The lowest BCUT2D eigenvalue weighted by Crippen LogP contribution is -2.60. The Morgan fingerprint density at radius 3 is 2.97 bits per heavy atom. The average molecular weight is 446 g/mol. The topological polar surface area (TPSA) is 95.5 Å². The number of ether oxygens (including phenoxy) is 1. The van der Waals surface area contributed by atoms with Gasteiger partial charge in [0.1, 0.15) is 5.82 Å². The molecule has 1 amide bonds. The fraction of sp³-hybridized carbons (Fsp3) is 0.524. The van der Waals surface area contributed by atoms with E-state index in [-0.39, 0.29) is 30.2 Å². The summed E-state index contributed by atoms with van der Waals surface area (Å²) in [5, 5.41) is 17.4. The molecule has 0 radical (unpaired) electrons. The second-order valence-corrected chi connectivity index (χ2v) is 8.81. The van der Waals surface area contributed by atoms with Crippen LogP contribution in [0.5, 0.6) is 5.75 Å². The van der Waals surface area contributed by atoms with Crippen LogP contribution in [0.15, 0.2) is 24.3 Å². The van der Waals surface area contributed by atoms with Crippen LogP contribution in [0, 0.1) is 5.92 Å². The number of carbonyl (C=O) groups excluding carboxylic acids is 1. The highest BCUT2D eigenvalue weighted by atomic mass is 35.5. The maximum absolute atomic E-state index is 12.8. The molecule has 10 heteroatoms. The summed E-state index contributed by atoms with van der Waals surface area (Å²) in [4.78, 5) is 12.8. The molecule has 4 N–H and O–H groups in total. The molecule has 4 atom stereocenters. The van der Waals surface area contributed by atoms with Crippen molar-refractivity contribution in [3.05, 3.63) is 35.0 Å². The highest BCUT2D eigenvalue weighted by Crippen LogP contribution is 2.36. The molecule has 1 aromatic carbocycles. The Hall–Kier alpha value is -2.49. The lowest BCUT2D eigenvalue weighted by molar-refractivity contribution is -0.131. The summed E-state index contributed by atoms with van der Waals surface area (Å²) >= 11 is 6.31.